The minimum atomic E-state index is -1.63. The van der Waals surface area contributed by atoms with Crippen LogP contribution >= 0.6 is 0 Å². The van der Waals surface area contributed by atoms with Gasteiger partial charge in [-0.3, -0.25) is 4.79 Å². The Balaban J connectivity index is 1.54. The molecule has 11 atom stereocenters. The summed E-state index contributed by atoms with van der Waals surface area (Å²) in [6.07, 6.45) is -2.03. The molecule has 0 spiro atoms. The van der Waals surface area contributed by atoms with E-state index in [1.807, 2.05) is 6.08 Å². The van der Waals surface area contributed by atoms with E-state index in [9.17, 15) is 25.2 Å². The maximum atomic E-state index is 13.1. The van der Waals surface area contributed by atoms with E-state index in [-0.39, 0.29) is 31.9 Å². The monoisotopic (exact) mass is 601 g/mol. The Morgan fingerprint density at radius 1 is 1.17 bits per heavy atom. The number of ether oxygens (including phenoxy) is 3. The molecule has 2 heterocycles. The molecular weight excluding hydrogens is 550 g/mol. The molecule has 0 radical (unpaired) electrons. The fraction of sp³-hybridized carbons (Fsp3) is 0.889. The van der Waals surface area contributed by atoms with Crippen molar-refractivity contribution in [3.8, 4) is 0 Å². The molecule has 1 saturated heterocycles. The number of nitrogens with two attached hydrogens (primary N) is 4. The molecule has 4 aliphatic rings. The minimum Gasteiger partial charge on any atom is -0.492 e. The molecule has 4 rings (SSSR count). The van der Waals surface area contributed by atoms with Crippen LogP contribution in [0.5, 0.6) is 0 Å². The van der Waals surface area contributed by atoms with E-state index in [4.69, 9.17) is 37.1 Å². The van der Waals surface area contributed by atoms with Gasteiger partial charge >= 0.3 is 0 Å². The van der Waals surface area contributed by atoms with Gasteiger partial charge < -0.3 is 73.5 Å². The Bertz CT molecular complexity index is 951. The molecule has 1 amide bonds. The highest BCUT2D eigenvalue weighted by Gasteiger charge is 2.55. The maximum absolute atomic E-state index is 13.1. The molecule has 3 fully saturated rings. The summed E-state index contributed by atoms with van der Waals surface area (Å²) >= 11 is 0. The van der Waals surface area contributed by atoms with Crippen molar-refractivity contribution in [2.45, 2.75) is 111 Å². The van der Waals surface area contributed by atoms with Crippen LogP contribution in [-0.4, -0.2) is 132 Å². The van der Waals surface area contributed by atoms with Crippen LogP contribution in [0.3, 0.4) is 0 Å². The standard InChI is InChI=1S/C27H51N7O8/c1-26(38)12-40-24(20(36)23(26)32-2)42-22-17(34-25(37)27(39)9-13(29)10-27)8-16(31)18(19(22)35)21-15(30)5-4-14(41-21)11-33-7-3-6-28/h4,13,15-24,32-33,35-36,38-39H,3,5-12,28-31H2,1-2H3,(H,34,37)/t13?,15-,16+,17-,18-,19+,20-,21?,22+,23-,24-,26+,27?/m1/s1. The Kier molecular flexibility index (Phi) is 10.9. The van der Waals surface area contributed by atoms with Crippen molar-refractivity contribution >= 4 is 5.91 Å². The quantitative estimate of drug-likeness (QED) is 0.0996. The fourth-order valence-corrected chi connectivity index (χ4v) is 6.69. The van der Waals surface area contributed by atoms with Crippen LogP contribution in [-0.2, 0) is 19.0 Å². The smallest absolute Gasteiger partial charge is 0.252 e. The number of carbonyl (C=O) groups excluding carboxylic acids is 1. The topological polar surface area (TPSA) is 266 Å². The SMILES string of the molecule is CN[C@@H]1[C@@H](O)[C@@H](O[C@@H]2[C@@H](O)[C@H](C3OC(CNCCCN)=CC[C@H]3N)[C@@H](N)C[C@H]2NC(=O)C2(O)CC(N)C2)OC[C@]1(C)O. The van der Waals surface area contributed by atoms with Crippen molar-refractivity contribution < 1.29 is 39.4 Å². The fourth-order valence-electron chi connectivity index (χ4n) is 6.69. The highest BCUT2D eigenvalue weighted by atomic mass is 16.7. The van der Waals surface area contributed by atoms with Crippen LogP contribution in [0.2, 0.25) is 0 Å². The zero-order valence-electron chi connectivity index (χ0n) is 24.5. The van der Waals surface area contributed by atoms with Crippen LogP contribution < -0.4 is 38.9 Å². The molecule has 0 aromatic carbocycles. The third-order valence-corrected chi connectivity index (χ3v) is 9.08. The second-order valence-electron chi connectivity index (χ2n) is 12.6. The van der Waals surface area contributed by atoms with E-state index in [1.54, 1.807) is 7.05 Å². The van der Waals surface area contributed by atoms with E-state index in [0.29, 0.717) is 25.3 Å². The van der Waals surface area contributed by atoms with Gasteiger partial charge in [-0.1, -0.05) is 0 Å². The lowest BCUT2D eigenvalue weighted by molar-refractivity contribution is -0.297. The van der Waals surface area contributed by atoms with Crippen LogP contribution in [0.4, 0.5) is 0 Å². The zero-order chi connectivity index (χ0) is 30.8. The molecule has 1 unspecified atom stereocenters. The molecule has 2 aliphatic heterocycles. The van der Waals surface area contributed by atoms with Gasteiger partial charge in [-0.15, -0.1) is 0 Å². The summed E-state index contributed by atoms with van der Waals surface area (Å²) in [5.41, 5.74) is 21.5. The molecule has 0 aromatic heterocycles. The molecule has 2 aliphatic carbocycles. The number of hydrogen-bond donors (Lipinski definition) is 11. The summed E-state index contributed by atoms with van der Waals surface area (Å²) in [6, 6.07) is -3.06. The largest absolute Gasteiger partial charge is 0.492 e. The van der Waals surface area contributed by atoms with Crippen molar-refractivity contribution in [3.63, 3.8) is 0 Å². The number of aliphatic hydroxyl groups is 4. The number of aliphatic hydroxyl groups excluding tert-OH is 2. The molecule has 2 saturated carbocycles. The Morgan fingerprint density at radius 2 is 1.88 bits per heavy atom. The first-order valence-electron chi connectivity index (χ1n) is 14.9. The predicted molar refractivity (Wildman–Crippen MR) is 152 cm³/mol. The van der Waals surface area contributed by atoms with Gasteiger partial charge in [0.1, 0.15) is 35.3 Å². The molecule has 15 heteroatoms. The zero-order valence-corrected chi connectivity index (χ0v) is 24.5. The lowest BCUT2D eigenvalue weighted by Gasteiger charge is -2.51. The molecular formula is C27H51N7O8. The van der Waals surface area contributed by atoms with E-state index < -0.39 is 77.9 Å². The van der Waals surface area contributed by atoms with Crippen molar-refractivity contribution in [3.05, 3.63) is 11.8 Å². The predicted octanol–water partition coefficient (Wildman–Crippen LogP) is -4.59. The van der Waals surface area contributed by atoms with Gasteiger partial charge in [0.05, 0.1) is 31.3 Å². The first kappa shape index (κ1) is 33.4. The number of nitrogens with one attached hydrogen (secondary N) is 3. The summed E-state index contributed by atoms with van der Waals surface area (Å²) in [5, 5.41) is 53.2. The van der Waals surface area contributed by atoms with Crippen LogP contribution in [0.15, 0.2) is 11.8 Å². The first-order valence-corrected chi connectivity index (χ1v) is 14.9. The van der Waals surface area contributed by atoms with Crippen LogP contribution in [0, 0.1) is 5.92 Å². The van der Waals surface area contributed by atoms with Crippen molar-refractivity contribution in [1.82, 2.24) is 16.0 Å². The average Bonchev–Trinajstić information content (AvgIpc) is 2.90. The summed E-state index contributed by atoms with van der Waals surface area (Å²) in [7, 11) is 1.60. The number of likely N-dealkylation sites (N-methyl/N-ethyl adjacent to an activating group) is 1. The summed E-state index contributed by atoms with van der Waals surface area (Å²) in [6.45, 7) is 3.14. The van der Waals surface area contributed by atoms with Crippen molar-refractivity contribution in [1.29, 1.82) is 0 Å². The van der Waals surface area contributed by atoms with Crippen LogP contribution in [0.25, 0.3) is 0 Å². The lowest BCUT2D eigenvalue weighted by Crippen LogP contribution is -2.70. The van der Waals surface area contributed by atoms with Crippen molar-refractivity contribution in [2.75, 3.05) is 33.3 Å². The second-order valence-corrected chi connectivity index (χ2v) is 12.6. The average molecular weight is 602 g/mol. The van der Waals surface area contributed by atoms with E-state index in [2.05, 4.69) is 16.0 Å². The van der Waals surface area contributed by atoms with Gasteiger partial charge in [0.2, 0.25) is 0 Å². The third-order valence-electron chi connectivity index (χ3n) is 9.08. The summed E-state index contributed by atoms with van der Waals surface area (Å²) in [4.78, 5) is 13.1. The summed E-state index contributed by atoms with van der Waals surface area (Å²) < 4.78 is 18.2. The second kappa shape index (κ2) is 13.7. The molecule has 0 bridgehead atoms. The van der Waals surface area contributed by atoms with Gasteiger partial charge in [-0.2, -0.15) is 0 Å². The number of rotatable bonds is 11. The van der Waals surface area contributed by atoms with Gasteiger partial charge in [-0.25, -0.2) is 0 Å². The minimum absolute atomic E-state index is 0.108. The Labute approximate surface area is 246 Å². The van der Waals surface area contributed by atoms with Gasteiger partial charge in [0.25, 0.3) is 5.91 Å². The first-order chi connectivity index (χ1) is 19.8. The van der Waals surface area contributed by atoms with Crippen LogP contribution in [0.1, 0.15) is 39.0 Å². The molecule has 42 heavy (non-hydrogen) atoms. The van der Waals surface area contributed by atoms with Gasteiger partial charge in [0.15, 0.2) is 6.29 Å². The van der Waals surface area contributed by atoms with E-state index >= 15 is 0 Å². The van der Waals surface area contributed by atoms with E-state index in [0.717, 1.165) is 13.0 Å². The van der Waals surface area contributed by atoms with E-state index in [1.165, 1.54) is 6.92 Å². The third kappa shape index (κ3) is 7.08. The van der Waals surface area contributed by atoms with Gasteiger partial charge in [0, 0.05) is 36.9 Å². The van der Waals surface area contributed by atoms with Gasteiger partial charge in [-0.05, 0) is 52.4 Å². The lowest BCUT2D eigenvalue weighted by atomic mass is 9.71. The molecule has 15 N–H and O–H groups in total. The number of amides is 1. The number of carbonyl (C=O) groups is 1. The Morgan fingerprint density at radius 3 is 2.52 bits per heavy atom. The Hall–Kier alpha value is -1.47. The highest BCUT2D eigenvalue weighted by molar-refractivity contribution is 5.86. The number of hydrogen-bond acceptors (Lipinski definition) is 14. The molecule has 242 valence electrons. The van der Waals surface area contributed by atoms with Crippen molar-refractivity contribution in [2.24, 2.45) is 28.9 Å². The highest BCUT2D eigenvalue weighted by Crippen LogP contribution is 2.37. The molecule has 0 aromatic rings. The molecule has 15 nitrogen and oxygen atoms in total. The maximum Gasteiger partial charge on any atom is 0.252 e. The normalized spacial score (nSPS) is 45.9. The summed E-state index contributed by atoms with van der Waals surface area (Å²) in [5.74, 6) is -0.657.